The van der Waals surface area contributed by atoms with Gasteiger partial charge in [0.25, 0.3) is 5.91 Å². The van der Waals surface area contributed by atoms with Crippen LogP contribution in [0.15, 0.2) is 18.2 Å². The van der Waals surface area contributed by atoms with Gasteiger partial charge in [-0.2, -0.15) is 0 Å². The third kappa shape index (κ3) is 3.94. The first-order chi connectivity index (χ1) is 10.7. The third-order valence-corrected chi connectivity index (χ3v) is 3.86. The Morgan fingerprint density at radius 3 is 2.73 bits per heavy atom. The van der Waals surface area contributed by atoms with Gasteiger partial charge in [-0.15, -0.1) is 10.2 Å². The van der Waals surface area contributed by atoms with Gasteiger partial charge >= 0.3 is 0 Å². The monoisotopic (exact) mass is 321 g/mol. The molecule has 1 amide bonds. The molecule has 0 saturated heterocycles. The number of aromatic nitrogens is 2. The Morgan fingerprint density at radius 1 is 1.27 bits per heavy atom. The molecule has 0 aliphatic rings. The lowest BCUT2D eigenvalue weighted by molar-refractivity contribution is 0.102. The fraction of sp³-hybridized carbons (Fsp3) is 0.400. The molecule has 1 aromatic heterocycles. The van der Waals surface area contributed by atoms with Crippen LogP contribution in [0.1, 0.15) is 35.6 Å². The molecule has 0 aliphatic carbocycles. The zero-order chi connectivity index (χ0) is 15.9. The Bertz CT molecular complexity index is 643. The third-order valence-electron chi connectivity index (χ3n) is 2.88. The van der Waals surface area contributed by atoms with Crippen molar-refractivity contribution in [3.63, 3.8) is 0 Å². The Balaban J connectivity index is 2.12. The topological polar surface area (TPSA) is 73.3 Å². The quantitative estimate of drug-likeness (QED) is 0.848. The molecular weight excluding hydrogens is 302 g/mol. The number of nitrogens with one attached hydrogen (secondary N) is 1. The molecule has 1 heterocycles. The minimum absolute atomic E-state index is 0.251. The lowest BCUT2D eigenvalue weighted by atomic mass is 10.2. The average Bonchev–Trinajstić information content (AvgIpc) is 3.00. The van der Waals surface area contributed by atoms with Gasteiger partial charge in [-0.05, 0) is 31.0 Å². The highest BCUT2D eigenvalue weighted by molar-refractivity contribution is 7.15. The molecule has 22 heavy (non-hydrogen) atoms. The molecule has 0 aliphatic heterocycles. The number of carbonyl (C=O) groups is 1. The van der Waals surface area contributed by atoms with Crippen molar-refractivity contribution < 1.29 is 14.3 Å². The van der Waals surface area contributed by atoms with Crippen LogP contribution in [0.4, 0.5) is 5.13 Å². The van der Waals surface area contributed by atoms with Crippen LogP contribution >= 0.6 is 11.3 Å². The lowest BCUT2D eigenvalue weighted by Crippen LogP contribution is -2.12. The second-order valence-corrected chi connectivity index (χ2v) is 5.58. The van der Waals surface area contributed by atoms with Crippen molar-refractivity contribution in [2.24, 2.45) is 0 Å². The van der Waals surface area contributed by atoms with Crippen LogP contribution in [-0.2, 0) is 6.42 Å². The van der Waals surface area contributed by atoms with E-state index in [1.165, 1.54) is 11.3 Å². The van der Waals surface area contributed by atoms with Crippen LogP contribution < -0.4 is 14.8 Å². The maximum atomic E-state index is 12.2. The van der Waals surface area contributed by atoms with Crippen molar-refractivity contribution in [3.05, 3.63) is 28.8 Å². The highest BCUT2D eigenvalue weighted by atomic mass is 32.1. The van der Waals surface area contributed by atoms with E-state index in [1.807, 2.05) is 13.8 Å². The number of benzene rings is 1. The minimum Gasteiger partial charge on any atom is -0.493 e. The predicted octanol–water partition coefficient (Wildman–Crippen LogP) is 3.15. The maximum absolute atomic E-state index is 12.2. The molecule has 0 spiro atoms. The Morgan fingerprint density at radius 2 is 2.09 bits per heavy atom. The van der Waals surface area contributed by atoms with Crippen LogP contribution in [0, 0.1) is 0 Å². The molecule has 1 aromatic carbocycles. The summed E-state index contributed by atoms with van der Waals surface area (Å²) in [6, 6.07) is 5.09. The number of hydrogen-bond donors (Lipinski definition) is 1. The van der Waals surface area contributed by atoms with E-state index in [0.29, 0.717) is 28.8 Å². The highest BCUT2D eigenvalue weighted by Crippen LogP contribution is 2.28. The molecule has 0 fully saturated rings. The first-order valence-electron chi connectivity index (χ1n) is 7.12. The van der Waals surface area contributed by atoms with Crippen LogP contribution in [0.25, 0.3) is 0 Å². The molecule has 6 nitrogen and oxygen atoms in total. The van der Waals surface area contributed by atoms with Gasteiger partial charge in [-0.3, -0.25) is 10.1 Å². The van der Waals surface area contributed by atoms with Crippen LogP contribution in [0.5, 0.6) is 11.5 Å². The van der Waals surface area contributed by atoms with Crippen molar-refractivity contribution in [3.8, 4) is 11.5 Å². The smallest absolute Gasteiger partial charge is 0.257 e. The van der Waals surface area contributed by atoms with Crippen LogP contribution in [0.2, 0.25) is 0 Å². The van der Waals surface area contributed by atoms with Crippen molar-refractivity contribution in [1.82, 2.24) is 10.2 Å². The van der Waals surface area contributed by atoms with E-state index in [0.717, 1.165) is 17.8 Å². The summed E-state index contributed by atoms with van der Waals surface area (Å²) in [7, 11) is 1.55. The molecule has 2 aromatic rings. The number of nitrogens with zero attached hydrogens (tertiary/aromatic N) is 2. The van der Waals surface area contributed by atoms with Gasteiger partial charge in [0.2, 0.25) is 5.13 Å². The number of methoxy groups -OCH3 is 1. The first kappa shape index (κ1) is 16.2. The molecule has 118 valence electrons. The van der Waals surface area contributed by atoms with Crippen molar-refractivity contribution in [2.45, 2.75) is 26.7 Å². The van der Waals surface area contributed by atoms with E-state index in [4.69, 9.17) is 9.47 Å². The van der Waals surface area contributed by atoms with Gasteiger partial charge in [-0.1, -0.05) is 25.2 Å². The molecule has 0 bridgehead atoms. The zero-order valence-electron chi connectivity index (χ0n) is 12.9. The second-order valence-electron chi connectivity index (χ2n) is 4.52. The molecule has 0 unspecified atom stereocenters. The summed E-state index contributed by atoms with van der Waals surface area (Å²) in [5.41, 5.74) is 0.481. The van der Waals surface area contributed by atoms with Gasteiger partial charge in [0.1, 0.15) is 5.01 Å². The van der Waals surface area contributed by atoms with Crippen molar-refractivity contribution in [2.75, 3.05) is 19.0 Å². The SMILES string of the molecule is CCCOc1ccc(C(=O)Nc2nnc(CC)s2)cc1OC. The fourth-order valence-corrected chi connectivity index (χ4v) is 2.43. The van der Waals surface area contributed by atoms with Crippen molar-refractivity contribution in [1.29, 1.82) is 0 Å². The Labute approximate surface area is 133 Å². The number of hydrogen-bond acceptors (Lipinski definition) is 6. The zero-order valence-corrected chi connectivity index (χ0v) is 13.7. The summed E-state index contributed by atoms with van der Waals surface area (Å²) >= 11 is 1.37. The van der Waals surface area contributed by atoms with E-state index in [2.05, 4.69) is 15.5 Å². The molecule has 0 radical (unpaired) electrons. The van der Waals surface area contributed by atoms with Gasteiger partial charge < -0.3 is 9.47 Å². The Hall–Kier alpha value is -2.15. The van der Waals surface area contributed by atoms with Gasteiger partial charge in [0, 0.05) is 5.56 Å². The van der Waals surface area contributed by atoms with E-state index < -0.39 is 0 Å². The van der Waals surface area contributed by atoms with Gasteiger partial charge in [0.15, 0.2) is 11.5 Å². The van der Waals surface area contributed by atoms with E-state index in [-0.39, 0.29) is 5.91 Å². The van der Waals surface area contributed by atoms with Crippen LogP contribution in [0.3, 0.4) is 0 Å². The second kappa shape index (κ2) is 7.74. The minimum atomic E-state index is -0.251. The van der Waals surface area contributed by atoms with Crippen LogP contribution in [-0.4, -0.2) is 29.8 Å². The van der Waals surface area contributed by atoms with E-state index in [1.54, 1.807) is 25.3 Å². The summed E-state index contributed by atoms with van der Waals surface area (Å²) in [5.74, 6) is 0.914. The first-order valence-corrected chi connectivity index (χ1v) is 7.94. The van der Waals surface area contributed by atoms with Crippen molar-refractivity contribution >= 4 is 22.4 Å². The molecule has 0 saturated carbocycles. The standard InChI is InChI=1S/C15H19N3O3S/c1-4-8-21-11-7-6-10(9-12(11)20-3)14(19)16-15-18-17-13(5-2)22-15/h6-7,9H,4-5,8H2,1-3H3,(H,16,18,19). The molecule has 1 N–H and O–H groups in total. The largest absolute Gasteiger partial charge is 0.493 e. The number of aryl methyl sites for hydroxylation is 1. The summed E-state index contributed by atoms with van der Waals surface area (Å²) in [4.78, 5) is 12.2. The summed E-state index contributed by atoms with van der Waals surface area (Å²) in [6.45, 7) is 4.62. The highest BCUT2D eigenvalue weighted by Gasteiger charge is 2.13. The summed E-state index contributed by atoms with van der Waals surface area (Å²) in [6.07, 6.45) is 1.70. The summed E-state index contributed by atoms with van der Waals surface area (Å²) in [5, 5.41) is 12.0. The number of rotatable bonds is 7. The maximum Gasteiger partial charge on any atom is 0.257 e. The Kier molecular flexibility index (Phi) is 5.71. The molecule has 7 heteroatoms. The molecule has 0 atom stereocenters. The average molecular weight is 321 g/mol. The lowest BCUT2D eigenvalue weighted by Gasteiger charge is -2.11. The fourth-order valence-electron chi connectivity index (χ4n) is 1.76. The number of carbonyl (C=O) groups excluding carboxylic acids is 1. The number of ether oxygens (including phenoxy) is 2. The number of anilines is 1. The number of amides is 1. The normalized spacial score (nSPS) is 10.3. The molecular formula is C15H19N3O3S. The summed E-state index contributed by atoms with van der Waals surface area (Å²) < 4.78 is 10.8. The van der Waals surface area contributed by atoms with Gasteiger partial charge in [0.05, 0.1) is 13.7 Å². The molecule has 2 rings (SSSR count). The van der Waals surface area contributed by atoms with Gasteiger partial charge in [-0.25, -0.2) is 0 Å². The van der Waals surface area contributed by atoms with E-state index in [9.17, 15) is 4.79 Å². The predicted molar refractivity (Wildman–Crippen MR) is 86.0 cm³/mol. The van der Waals surface area contributed by atoms with E-state index >= 15 is 0 Å².